The van der Waals surface area contributed by atoms with Gasteiger partial charge in [-0.1, -0.05) is 0 Å². The lowest BCUT2D eigenvalue weighted by Crippen LogP contribution is -2.41. The predicted octanol–water partition coefficient (Wildman–Crippen LogP) is 1.87. The smallest absolute Gasteiger partial charge is 0.462 e. The van der Waals surface area contributed by atoms with Crippen molar-refractivity contribution >= 4 is 18.6 Å². The van der Waals surface area contributed by atoms with Gasteiger partial charge in [0.1, 0.15) is 0 Å². The van der Waals surface area contributed by atoms with Gasteiger partial charge in [0.05, 0.1) is 29.1 Å². The van der Waals surface area contributed by atoms with Crippen molar-refractivity contribution in [3.63, 3.8) is 0 Å². The first-order valence-corrected chi connectivity index (χ1v) is 7.17. The fourth-order valence-corrected chi connectivity index (χ4v) is 2.07. The third-order valence-corrected chi connectivity index (χ3v) is 4.13. The van der Waals surface area contributed by atoms with Gasteiger partial charge in [-0.15, -0.1) is 0 Å². The summed E-state index contributed by atoms with van der Waals surface area (Å²) in [5.41, 5.74) is 0.958. The van der Waals surface area contributed by atoms with E-state index in [1.807, 2.05) is 27.7 Å². The zero-order chi connectivity index (χ0) is 15.8. The van der Waals surface area contributed by atoms with Crippen LogP contribution in [0.2, 0.25) is 0 Å². The third kappa shape index (κ3) is 2.96. The Hall–Kier alpha value is -1.40. The number of aromatic nitrogens is 1. The molecule has 114 valence electrons. The van der Waals surface area contributed by atoms with E-state index in [4.69, 9.17) is 14.0 Å². The second-order valence-corrected chi connectivity index (χ2v) is 6.21. The van der Waals surface area contributed by atoms with Crippen LogP contribution in [0.4, 0.5) is 0 Å². The van der Waals surface area contributed by atoms with Gasteiger partial charge in [0, 0.05) is 11.7 Å². The van der Waals surface area contributed by atoms with E-state index in [2.05, 4.69) is 4.98 Å². The first-order valence-electron chi connectivity index (χ1n) is 7.17. The summed E-state index contributed by atoms with van der Waals surface area (Å²) >= 11 is 0. The van der Waals surface area contributed by atoms with Gasteiger partial charge in [-0.2, -0.15) is 0 Å². The molecule has 0 amide bonds. The van der Waals surface area contributed by atoms with Gasteiger partial charge in [0.15, 0.2) is 0 Å². The Kier molecular flexibility index (Phi) is 4.13. The molecular weight excluding hydrogens is 269 g/mol. The number of aryl methyl sites for hydroxylation is 1. The molecule has 2 heterocycles. The van der Waals surface area contributed by atoms with E-state index in [1.165, 1.54) is 0 Å². The Morgan fingerprint density at radius 1 is 1.29 bits per heavy atom. The van der Waals surface area contributed by atoms with Crippen molar-refractivity contribution in [2.75, 3.05) is 6.61 Å². The molecule has 5 nitrogen and oxygen atoms in total. The summed E-state index contributed by atoms with van der Waals surface area (Å²) in [5.74, 6) is -0.374. The standard InChI is InChI=1S/C15H22BNO4/c1-7-19-13(18)12-8-11(9-17-10(12)2)16-20-14(3,4)15(5,6)21-16/h8-9H,7H2,1-6H3. The Morgan fingerprint density at radius 2 is 1.86 bits per heavy atom. The van der Waals surface area contributed by atoms with E-state index in [1.54, 1.807) is 26.1 Å². The van der Waals surface area contributed by atoms with Gasteiger partial charge in [-0.05, 0) is 47.6 Å². The van der Waals surface area contributed by atoms with Crippen LogP contribution in [0.1, 0.15) is 50.7 Å². The van der Waals surface area contributed by atoms with E-state index in [0.29, 0.717) is 17.9 Å². The summed E-state index contributed by atoms with van der Waals surface area (Å²) < 4.78 is 17.0. The quantitative estimate of drug-likeness (QED) is 0.628. The van der Waals surface area contributed by atoms with Crippen LogP contribution in [0.5, 0.6) is 0 Å². The highest BCUT2D eigenvalue weighted by molar-refractivity contribution is 6.62. The Morgan fingerprint density at radius 3 is 2.38 bits per heavy atom. The molecule has 1 aliphatic heterocycles. The summed E-state index contributed by atoms with van der Waals surface area (Å²) in [6.45, 7) is 11.8. The molecule has 0 aromatic carbocycles. The molecular formula is C15H22BNO4. The topological polar surface area (TPSA) is 57.7 Å². The van der Waals surface area contributed by atoms with Crippen molar-refractivity contribution < 1.29 is 18.8 Å². The minimum absolute atomic E-state index is 0.332. The molecule has 1 aromatic heterocycles. The van der Waals surface area contributed by atoms with E-state index < -0.39 is 18.3 Å². The molecule has 2 rings (SSSR count). The first kappa shape index (κ1) is 16.0. The molecule has 0 atom stereocenters. The van der Waals surface area contributed by atoms with E-state index in [9.17, 15) is 4.79 Å². The van der Waals surface area contributed by atoms with Gasteiger partial charge < -0.3 is 14.0 Å². The molecule has 0 radical (unpaired) electrons. The summed E-state index contributed by atoms with van der Waals surface area (Å²) in [6, 6.07) is 1.74. The SMILES string of the molecule is CCOC(=O)c1cc(B2OC(C)(C)C(C)(C)O2)cnc1C. The second-order valence-electron chi connectivity index (χ2n) is 6.21. The van der Waals surface area contributed by atoms with E-state index in [0.717, 1.165) is 5.46 Å². The molecule has 0 spiro atoms. The largest absolute Gasteiger partial charge is 0.496 e. The van der Waals surface area contributed by atoms with Crippen LogP contribution in [-0.4, -0.2) is 35.9 Å². The average molecular weight is 291 g/mol. The van der Waals surface area contributed by atoms with Crippen LogP contribution >= 0.6 is 0 Å². The van der Waals surface area contributed by atoms with Crippen molar-refractivity contribution in [1.82, 2.24) is 4.98 Å². The maximum Gasteiger partial charge on any atom is 0.496 e. The summed E-state index contributed by atoms with van der Waals surface area (Å²) in [7, 11) is -0.531. The number of carbonyl (C=O) groups is 1. The molecule has 1 aliphatic rings. The number of hydrogen-bond acceptors (Lipinski definition) is 5. The zero-order valence-electron chi connectivity index (χ0n) is 13.5. The van der Waals surface area contributed by atoms with E-state index in [-0.39, 0.29) is 5.97 Å². The maximum atomic E-state index is 11.9. The normalized spacial score (nSPS) is 19.6. The molecule has 0 bridgehead atoms. The molecule has 21 heavy (non-hydrogen) atoms. The number of esters is 1. The van der Waals surface area contributed by atoms with Crippen molar-refractivity contribution in [3.8, 4) is 0 Å². The zero-order valence-corrected chi connectivity index (χ0v) is 13.5. The van der Waals surface area contributed by atoms with Gasteiger partial charge >= 0.3 is 13.1 Å². The number of carbonyl (C=O) groups excluding carboxylic acids is 1. The number of hydrogen-bond donors (Lipinski definition) is 0. The summed E-state index contributed by atoms with van der Waals surface area (Å²) in [4.78, 5) is 16.2. The minimum atomic E-state index is -0.531. The van der Waals surface area contributed by atoms with E-state index >= 15 is 0 Å². The van der Waals surface area contributed by atoms with Crippen molar-refractivity contribution in [3.05, 3.63) is 23.5 Å². The number of nitrogens with zero attached hydrogens (tertiary/aromatic N) is 1. The van der Waals surface area contributed by atoms with Gasteiger partial charge in [-0.25, -0.2) is 4.79 Å². The minimum Gasteiger partial charge on any atom is -0.462 e. The van der Waals surface area contributed by atoms with Crippen LogP contribution in [0.15, 0.2) is 12.3 Å². The first-order chi connectivity index (χ1) is 9.68. The molecule has 6 heteroatoms. The fourth-order valence-electron chi connectivity index (χ4n) is 2.07. The third-order valence-electron chi connectivity index (χ3n) is 4.13. The molecule has 0 saturated carbocycles. The Balaban J connectivity index is 2.31. The molecule has 1 saturated heterocycles. The van der Waals surface area contributed by atoms with Crippen LogP contribution in [-0.2, 0) is 14.0 Å². The average Bonchev–Trinajstić information content (AvgIpc) is 2.59. The highest BCUT2D eigenvalue weighted by Gasteiger charge is 2.51. The van der Waals surface area contributed by atoms with Crippen molar-refractivity contribution in [2.45, 2.75) is 52.7 Å². The lowest BCUT2D eigenvalue weighted by Gasteiger charge is -2.32. The number of pyridine rings is 1. The Bertz CT molecular complexity index is 541. The number of rotatable bonds is 3. The number of ether oxygens (including phenoxy) is 1. The molecule has 1 aromatic rings. The molecule has 1 fully saturated rings. The van der Waals surface area contributed by atoms with Gasteiger partial charge in [0.25, 0.3) is 0 Å². The van der Waals surface area contributed by atoms with Gasteiger partial charge in [-0.3, -0.25) is 4.98 Å². The fraction of sp³-hybridized carbons (Fsp3) is 0.600. The maximum absolute atomic E-state index is 11.9. The van der Waals surface area contributed by atoms with Crippen molar-refractivity contribution in [1.29, 1.82) is 0 Å². The molecule has 0 N–H and O–H groups in total. The van der Waals surface area contributed by atoms with Crippen LogP contribution in [0.3, 0.4) is 0 Å². The molecule has 0 aliphatic carbocycles. The highest BCUT2D eigenvalue weighted by atomic mass is 16.7. The van der Waals surface area contributed by atoms with Gasteiger partial charge in [0.2, 0.25) is 0 Å². The monoisotopic (exact) mass is 291 g/mol. The summed E-state index contributed by atoms with van der Waals surface area (Å²) in [6.07, 6.45) is 1.68. The summed E-state index contributed by atoms with van der Waals surface area (Å²) in [5, 5.41) is 0. The highest BCUT2D eigenvalue weighted by Crippen LogP contribution is 2.36. The molecule has 0 unspecified atom stereocenters. The van der Waals surface area contributed by atoms with Crippen LogP contribution in [0, 0.1) is 6.92 Å². The van der Waals surface area contributed by atoms with Crippen LogP contribution < -0.4 is 5.46 Å². The predicted molar refractivity (Wildman–Crippen MR) is 80.6 cm³/mol. The van der Waals surface area contributed by atoms with Crippen LogP contribution in [0.25, 0.3) is 0 Å². The Labute approximate surface area is 126 Å². The lowest BCUT2D eigenvalue weighted by molar-refractivity contribution is 0.00578. The second kappa shape index (κ2) is 5.42. The van der Waals surface area contributed by atoms with Crippen molar-refractivity contribution in [2.24, 2.45) is 0 Å². The lowest BCUT2D eigenvalue weighted by atomic mass is 9.79.